The molecule has 0 fully saturated rings. The van der Waals surface area contributed by atoms with Crippen molar-refractivity contribution in [2.45, 2.75) is 32.8 Å². The Morgan fingerprint density at radius 1 is 1.22 bits per heavy atom. The maximum Gasteiger partial charge on any atom is 0.311 e. The summed E-state index contributed by atoms with van der Waals surface area (Å²) in [6.45, 7) is 2.05. The Morgan fingerprint density at radius 2 is 2.03 bits per heavy atom. The van der Waals surface area contributed by atoms with Gasteiger partial charge < -0.3 is 4.74 Å². The summed E-state index contributed by atoms with van der Waals surface area (Å²) < 4.78 is 7.68. The standard InChI is InChI=1S/C27H22BrN5O4/c1-2-3-8-26-31-23-11-10-21(28)14-22(23)27(34)32(26)30-16-18-9-12-25(24(13-18)33(35)36)37-17-20-7-5-4-6-19(20)15-29/h4-7,9-14,16H,2-3,8,17H2,1H3. The molecule has 10 heteroatoms. The summed E-state index contributed by atoms with van der Waals surface area (Å²) in [5.74, 6) is 0.580. The van der Waals surface area contributed by atoms with Crippen LogP contribution >= 0.6 is 15.9 Å². The number of hydrogen-bond acceptors (Lipinski definition) is 7. The Morgan fingerprint density at radius 3 is 2.78 bits per heavy atom. The number of nitrogens with zero attached hydrogens (tertiary/aromatic N) is 5. The van der Waals surface area contributed by atoms with Gasteiger partial charge in [-0.25, -0.2) is 4.98 Å². The van der Waals surface area contributed by atoms with E-state index in [0.717, 1.165) is 17.3 Å². The minimum Gasteiger partial charge on any atom is -0.482 e. The Kier molecular flexibility index (Phi) is 8.05. The smallest absolute Gasteiger partial charge is 0.311 e. The van der Waals surface area contributed by atoms with E-state index >= 15 is 0 Å². The van der Waals surface area contributed by atoms with Gasteiger partial charge in [-0.1, -0.05) is 47.5 Å². The van der Waals surface area contributed by atoms with Crippen molar-refractivity contribution < 1.29 is 9.66 Å². The van der Waals surface area contributed by atoms with E-state index < -0.39 is 4.92 Å². The van der Waals surface area contributed by atoms with E-state index in [1.165, 1.54) is 23.0 Å². The lowest BCUT2D eigenvalue weighted by Gasteiger charge is -2.10. The van der Waals surface area contributed by atoms with Gasteiger partial charge in [0, 0.05) is 28.1 Å². The molecule has 0 saturated heterocycles. The third kappa shape index (κ3) is 5.90. The highest BCUT2D eigenvalue weighted by Gasteiger charge is 2.17. The molecule has 37 heavy (non-hydrogen) atoms. The summed E-state index contributed by atoms with van der Waals surface area (Å²) in [6, 6.07) is 18.7. The van der Waals surface area contributed by atoms with Gasteiger partial charge in [-0.05, 0) is 42.8 Å². The van der Waals surface area contributed by atoms with Crippen LogP contribution in [0.1, 0.15) is 42.3 Å². The SMILES string of the molecule is CCCCc1nc2ccc(Br)cc2c(=O)n1N=Cc1ccc(OCc2ccccc2C#N)c([N+](=O)[O-])c1. The van der Waals surface area contributed by atoms with Gasteiger partial charge in [-0.2, -0.15) is 15.0 Å². The molecule has 9 nitrogen and oxygen atoms in total. The summed E-state index contributed by atoms with van der Waals surface area (Å²) in [5.41, 5.74) is 1.49. The number of unbranched alkanes of at least 4 members (excludes halogenated alkanes) is 1. The lowest BCUT2D eigenvalue weighted by molar-refractivity contribution is -0.385. The first-order valence-corrected chi connectivity index (χ1v) is 12.4. The van der Waals surface area contributed by atoms with Crippen LogP contribution in [0.3, 0.4) is 0 Å². The molecule has 4 aromatic rings. The van der Waals surface area contributed by atoms with E-state index in [0.29, 0.717) is 39.8 Å². The minimum atomic E-state index is -0.545. The molecule has 1 aromatic heterocycles. The second-order valence-corrected chi connectivity index (χ2v) is 9.11. The second kappa shape index (κ2) is 11.6. The van der Waals surface area contributed by atoms with Gasteiger partial charge >= 0.3 is 5.69 Å². The van der Waals surface area contributed by atoms with Crippen LogP contribution in [0.25, 0.3) is 10.9 Å². The fourth-order valence-corrected chi connectivity index (χ4v) is 4.09. The summed E-state index contributed by atoms with van der Waals surface area (Å²) in [7, 11) is 0. The fraction of sp³-hybridized carbons (Fsp3) is 0.185. The van der Waals surface area contributed by atoms with Gasteiger partial charge in [-0.15, -0.1) is 0 Å². The molecule has 0 radical (unpaired) electrons. The van der Waals surface area contributed by atoms with Crippen molar-refractivity contribution in [1.82, 2.24) is 9.66 Å². The predicted octanol–water partition coefficient (Wildman–Crippen LogP) is 5.74. The van der Waals surface area contributed by atoms with Gasteiger partial charge in [0.05, 0.1) is 33.7 Å². The molecule has 0 aliphatic carbocycles. The first kappa shape index (κ1) is 25.7. The zero-order valence-electron chi connectivity index (χ0n) is 19.9. The highest BCUT2D eigenvalue weighted by atomic mass is 79.9. The van der Waals surface area contributed by atoms with Crippen LogP contribution in [0, 0.1) is 21.4 Å². The van der Waals surface area contributed by atoms with Crippen molar-refractivity contribution in [3.8, 4) is 11.8 Å². The minimum absolute atomic E-state index is 0.00646. The van der Waals surface area contributed by atoms with Crippen LogP contribution in [0.15, 0.2) is 75.0 Å². The van der Waals surface area contributed by atoms with Crippen LogP contribution in [0.5, 0.6) is 5.75 Å². The van der Waals surface area contributed by atoms with Gasteiger partial charge in [0.2, 0.25) is 0 Å². The number of hydrogen-bond donors (Lipinski definition) is 0. The lowest BCUT2D eigenvalue weighted by atomic mass is 10.1. The molecule has 0 aliphatic heterocycles. The molecule has 3 aromatic carbocycles. The number of nitro groups is 1. The Hall–Kier alpha value is -4.36. The van der Waals surface area contributed by atoms with Gasteiger partial charge in [0.1, 0.15) is 12.4 Å². The number of aromatic nitrogens is 2. The zero-order chi connectivity index (χ0) is 26.4. The molecular formula is C27H22BrN5O4. The van der Waals surface area contributed by atoms with Crippen molar-refractivity contribution in [2.24, 2.45) is 5.10 Å². The average Bonchev–Trinajstić information content (AvgIpc) is 2.91. The second-order valence-electron chi connectivity index (χ2n) is 8.20. The molecule has 0 spiro atoms. The lowest BCUT2D eigenvalue weighted by Crippen LogP contribution is -2.22. The van der Waals surface area contributed by atoms with Crippen LogP contribution < -0.4 is 10.3 Å². The van der Waals surface area contributed by atoms with E-state index in [9.17, 15) is 20.2 Å². The van der Waals surface area contributed by atoms with Crippen LogP contribution in [-0.4, -0.2) is 20.8 Å². The maximum atomic E-state index is 13.2. The van der Waals surface area contributed by atoms with Crippen LogP contribution in [0.2, 0.25) is 0 Å². The number of halogens is 1. The highest BCUT2D eigenvalue weighted by molar-refractivity contribution is 9.10. The van der Waals surface area contributed by atoms with Gasteiger partial charge in [-0.3, -0.25) is 14.9 Å². The largest absolute Gasteiger partial charge is 0.482 e. The first-order valence-electron chi connectivity index (χ1n) is 11.6. The van der Waals surface area contributed by atoms with Gasteiger partial charge in [0.15, 0.2) is 5.75 Å². The molecule has 4 rings (SSSR count). The summed E-state index contributed by atoms with van der Waals surface area (Å²) >= 11 is 3.39. The average molecular weight is 560 g/mol. The highest BCUT2D eigenvalue weighted by Crippen LogP contribution is 2.28. The molecule has 0 bridgehead atoms. The normalized spacial score (nSPS) is 11.1. The number of rotatable bonds is 9. The monoisotopic (exact) mass is 559 g/mol. The quantitative estimate of drug-likeness (QED) is 0.146. The van der Waals surface area contributed by atoms with Crippen LogP contribution in [-0.2, 0) is 13.0 Å². The third-order valence-electron chi connectivity index (χ3n) is 5.65. The van der Waals surface area contributed by atoms with Crippen molar-refractivity contribution in [3.63, 3.8) is 0 Å². The predicted molar refractivity (Wildman–Crippen MR) is 144 cm³/mol. The van der Waals surface area contributed by atoms with Crippen LogP contribution in [0.4, 0.5) is 5.69 Å². The van der Waals surface area contributed by atoms with E-state index in [1.807, 2.05) is 13.0 Å². The van der Waals surface area contributed by atoms with E-state index in [-0.39, 0.29) is 23.6 Å². The van der Waals surface area contributed by atoms with Crippen molar-refractivity contribution in [2.75, 3.05) is 0 Å². The Balaban J connectivity index is 1.67. The topological polar surface area (TPSA) is 123 Å². The number of nitro benzene ring substituents is 1. The summed E-state index contributed by atoms with van der Waals surface area (Å²) in [6.07, 6.45) is 3.71. The number of fused-ring (bicyclic) bond motifs is 1. The first-order chi connectivity index (χ1) is 17.9. The molecule has 186 valence electrons. The molecule has 0 N–H and O–H groups in total. The Bertz CT molecular complexity index is 1610. The number of ether oxygens (including phenoxy) is 1. The van der Waals surface area contributed by atoms with Gasteiger partial charge in [0.25, 0.3) is 5.56 Å². The summed E-state index contributed by atoms with van der Waals surface area (Å²) in [4.78, 5) is 29.1. The molecule has 0 atom stereocenters. The molecule has 0 saturated carbocycles. The summed E-state index contributed by atoms with van der Waals surface area (Å²) in [5, 5.41) is 25.8. The molecular weight excluding hydrogens is 538 g/mol. The van der Waals surface area contributed by atoms with Crippen molar-refractivity contribution in [1.29, 1.82) is 5.26 Å². The van der Waals surface area contributed by atoms with E-state index in [2.05, 4.69) is 32.1 Å². The fourth-order valence-electron chi connectivity index (χ4n) is 3.73. The molecule has 1 heterocycles. The van der Waals surface area contributed by atoms with E-state index in [4.69, 9.17) is 4.74 Å². The molecule has 0 amide bonds. The third-order valence-corrected chi connectivity index (χ3v) is 6.15. The maximum absolute atomic E-state index is 13.2. The van der Waals surface area contributed by atoms with Crippen molar-refractivity contribution >= 4 is 38.7 Å². The molecule has 0 aliphatic rings. The zero-order valence-corrected chi connectivity index (χ0v) is 21.5. The van der Waals surface area contributed by atoms with Crippen molar-refractivity contribution in [3.05, 3.63) is 108 Å². The molecule has 0 unspecified atom stereocenters. The number of nitriles is 1. The Labute approximate surface area is 220 Å². The van der Waals surface area contributed by atoms with E-state index in [1.54, 1.807) is 42.5 Å². The number of aryl methyl sites for hydroxylation is 1. The number of benzene rings is 3.